The zero-order valence-electron chi connectivity index (χ0n) is 16.9. The average Bonchev–Trinajstić information content (AvgIpc) is 2.78. The van der Waals surface area contributed by atoms with Gasteiger partial charge in [-0.25, -0.2) is 4.98 Å². The number of carbonyl (C=O) groups excluding carboxylic acids is 2. The van der Waals surface area contributed by atoms with Gasteiger partial charge in [-0.05, 0) is 18.2 Å². The molecule has 0 aliphatic carbocycles. The van der Waals surface area contributed by atoms with Gasteiger partial charge in [0.05, 0.1) is 32.9 Å². The summed E-state index contributed by atoms with van der Waals surface area (Å²) >= 11 is 0. The Labute approximate surface area is 182 Å². The van der Waals surface area contributed by atoms with Crippen LogP contribution < -0.4 is 16.4 Å². The van der Waals surface area contributed by atoms with Crippen molar-refractivity contribution >= 4 is 50.7 Å². The van der Waals surface area contributed by atoms with Crippen LogP contribution in [0.2, 0.25) is 0 Å². The molecule has 0 unspecified atom stereocenters. The van der Waals surface area contributed by atoms with Crippen molar-refractivity contribution in [3.05, 3.63) is 82.4 Å². The number of hydrogen-bond donors (Lipinski definition) is 3. The second-order valence-corrected chi connectivity index (χ2v) is 7.11. The molecule has 0 saturated heterocycles. The van der Waals surface area contributed by atoms with Crippen molar-refractivity contribution in [2.24, 2.45) is 5.73 Å². The summed E-state index contributed by atoms with van der Waals surface area (Å²) in [7, 11) is 0. The molecule has 0 radical (unpaired) electrons. The van der Waals surface area contributed by atoms with E-state index in [0.29, 0.717) is 5.69 Å². The van der Waals surface area contributed by atoms with Crippen LogP contribution in [0.25, 0.3) is 21.8 Å². The van der Waals surface area contributed by atoms with Gasteiger partial charge in [-0.3, -0.25) is 19.7 Å². The number of nitro benzene ring substituents is 1. The van der Waals surface area contributed by atoms with Gasteiger partial charge in [0.25, 0.3) is 11.6 Å². The molecule has 9 nitrogen and oxygen atoms in total. The molecular weight excluding hydrogens is 410 g/mol. The van der Waals surface area contributed by atoms with Crippen LogP contribution >= 0.6 is 0 Å². The molecule has 1 aromatic heterocycles. The van der Waals surface area contributed by atoms with Gasteiger partial charge in [0.15, 0.2) is 0 Å². The lowest BCUT2D eigenvalue weighted by atomic mass is 10.1. The molecule has 32 heavy (non-hydrogen) atoms. The maximum absolute atomic E-state index is 12.8. The van der Waals surface area contributed by atoms with Gasteiger partial charge in [-0.15, -0.1) is 0 Å². The lowest BCUT2D eigenvalue weighted by Crippen LogP contribution is -2.28. The Morgan fingerprint density at radius 3 is 2.19 bits per heavy atom. The van der Waals surface area contributed by atoms with Crippen LogP contribution in [-0.2, 0) is 4.79 Å². The molecule has 2 amide bonds. The van der Waals surface area contributed by atoms with Crippen LogP contribution in [0.4, 0.5) is 17.1 Å². The Morgan fingerprint density at radius 2 is 1.59 bits per heavy atom. The highest BCUT2D eigenvalue weighted by molar-refractivity contribution is 6.10. The van der Waals surface area contributed by atoms with E-state index in [1.807, 2.05) is 48.5 Å². The average molecular weight is 429 g/mol. The Hall–Kier alpha value is -4.53. The summed E-state index contributed by atoms with van der Waals surface area (Å²) in [6.45, 7) is 0.0252. The number of pyridine rings is 1. The highest BCUT2D eigenvalue weighted by atomic mass is 16.6. The second kappa shape index (κ2) is 8.68. The minimum absolute atomic E-state index is 0.0252. The van der Waals surface area contributed by atoms with Crippen LogP contribution in [0, 0.1) is 10.1 Å². The number of nitro groups is 1. The summed E-state index contributed by atoms with van der Waals surface area (Å²) < 4.78 is 0. The molecule has 0 aliphatic rings. The lowest BCUT2D eigenvalue weighted by Gasteiger charge is -2.16. The van der Waals surface area contributed by atoms with E-state index >= 15 is 0 Å². The Bertz CT molecular complexity index is 1320. The number of nitrogens with zero attached hydrogens (tertiary/aromatic N) is 2. The quantitative estimate of drug-likeness (QED) is 0.233. The monoisotopic (exact) mass is 429 g/mol. The summed E-state index contributed by atoms with van der Waals surface area (Å²) in [4.78, 5) is 39.2. The maximum atomic E-state index is 12.8. The molecule has 0 aliphatic heterocycles. The first-order chi connectivity index (χ1) is 15.4. The number of primary amides is 1. The number of benzene rings is 3. The summed E-state index contributed by atoms with van der Waals surface area (Å²) in [5.74, 6) is -1.11. The topological polar surface area (TPSA) is 140 Å². The standard InChI is InChI=1S/C23H19N5O4/c24-21(29)11-12-25-23(30)17-13-14(28(31)32)9-10-20(17)27-22-15-5-1-3-7-18(15)26-19-8-4-2-6-16(19)22/h1-10,13H,11-12H2,(H2,24,29)(H,25,30)(H,26,27). The molecule has 9 heteroatoms. The highest BCUT2D eigenvalue weighted by Crippen LogP contribution is 2.34. The zero-order valence-corrected chi connectivity index (χ0v) is 16.9. The molecule has 0 bridgehead atoms. The molecule has 160 valence electrons. The van der Waals surface area contributed by atoms with E-state index in [-0.39, 0.29) is 24.2 Å². The molecule has 3 aromatic carbocycles. The van der Waals surface area contributed by atoms with E-state index in [1.165, 1.54) is 18.2 Å². The number of aromatic nitrogens is 1. The first kappa shape index (κ1) is 20.7. The number of rotatable bonds is 7. The number of fused-ring (bicyclic) bond motifs is 2. The molecule has 1 heterocycles. The third-order valence-electron chi connectivity index (χ3n) is 4.96. The van der Waals surface area contributed by atoms with Crippen molar-refractivity contribution in [2.45, 2.75) is 6.42 Å². The molecule has 0 atom stereocenters. The largest absolute Gasteiger partial charge is 0.370 e. The molecular formula is C23H19N5O4. The predicted octanol–water partition coefficient (Wildman–Crippen LogP) is 3.65. The van der Waals surface area contributed by atoms with Gasteiger partial charge in [0.1, 0.15) is 0 Å². The van der Waals surface area contributed by atoms with E-state index in [4.69, 9.17) is 5.73 Å². The first-order valence-electron chi connectivity index (χ1n) is 9.83. The van der Waals surface area contributed by atoms with Crippen LogP contribution in [0.15, 0.2) is 66.7 Å². The van der Waals surface area contributed by atoms with Crippen LogP contribution in [0.5, 0.6) is 0 Å². The van der Waals surface area contributed by atoms with E-state index in [1.54, 1.807) is 0 Å². The fourth-order valence-electron chi connectivity index (χ4n) is 3.45. The van der Waals surface area contributed by atoms with Crippen molar-refractivity contribution in [1.82, 2.24) is 10.3 Å². The molecule has 0 saturated carbocycles. The summed E-state index contributed by atoms with van der Waals surface area (Å²) in [5.41, 5.74) is 7.62. The van der Waals surface area contributed by atoms with E-state index in [0.717, 1.165) is 27.5 Å². The molecule has 4 rings (SSSR count). The van der Waals surface area contributed by atoms with Crippen molar-refractivity contribution in [3.63, 3.8) is 0 Å². The predicted molar refractivity (Wildman–Crippen MR) is 122 cm³/mol. The number of carbonyl (C=O) groups is 2. The van der Waals surface area contributed by atoms with E-state index in [2.05, 4.69) is 15.6 Å². The van der Waals surface area contributed by atoms with Gasteiger partial charge in [-0.1, -0.05) is 36.4 Å². The number of para-hydroxylation sites is 2. The van der Waals surface area contributed by atoms with Gasteiger partial charge in [0, 0.05) is 35.9 Å². The maximum Gasteiger partial charge on any atom is 0.270 e. The van der Waals surface area contributed by atoms with Crippen LogP contribution in [0.1, 0.15) is 16.8 Å². The number of amides is 2. The molecule has 0 fully saturated rings. The van der Waals surface area contributed by atoms with Crippen molar-refractivity contribution in [3.8, 4) is 0 Å². The minimum Gasteiger partial charge on any atom is -0.370 e. The van der Waals surface area contributed by atoms with E-state index in [9.17, 15) is 19.7 Å². The highest BCUT2D eigenvalue weighted by Gasteiger charge is 2.19. The fourth-order valence-corrected chi connectivity index (χ4v) is 3.45. The smallest absolute Gasteiger partial charge is 0.270 e. The lowest BCUT2D eigenvalue weighted by molar-refractivity contribution is -0.384. The fraction of sp³-hybridized carbons (Fsp3) is 0.0870. The van der Waals surface area contributed by atoms with Gasteiger partial charge < -0.3 is 16.4 Å². The number of nitrogens with two attached hydrogens (primary N) is 1. The molecule has 0 spiro atoms. The second-order valence-electron chi connectivity index (χ2n) is 7.11. The number of hydrogen-bond acceptors (Lipinski definition) is 6. The van der Waals surface area contributed by atoms with Gasteiger partial charge in [0.2, 0.25) is 5.91 Å². The van der Waals surface area contributed by atoms with Gasteiger partial charge >= 0.3 is 0 Å². The third kappa shape index (κ3) is 4.17. The van der Waals surface area contributed by atoms with E-state index < -0.39 is 16.7 Å². The Balaban J connectivity index is 1.82. The number of anilines is 2. The number of nitrogens with one attached hydrogen (secondary N) is 2. The molecule has 4 N–H and O–H groups in total. The normalized spacial score (nSPS) is 10.8. The van der Waals surface area contributed by atoms with Crippen molar-refractivity contribution < 1.29 is 14.5 Å². The van der Waals surface area contributed by atoms with Crippen molar-refractivity contribution in [2.75, 3.05) is 11.9 Å². The van der Waals surface area contributed by atoms with Crippen LogP contribution in [0.3, 0.4) is 0 Å². The van der Waals surface area contributed by atoms with Crippen molar-refractivity contribution in [1.29, 1.82) is 0 Å². The summed E-state index contributed by atoms with van der Waals surface area (Å²) in [6.07, 6.45) is -0.0386. The van der Waals surface area contributed by atoms with Crippen LogP contribution in [-0.4, -0.2) is 28.3 Å². The zero-order chi connectivity index (χ0) is 22.7. The minimum atomic E-state index is -0.568. The van der Waals surface area contributed by atoms with Gasteiger partial charge in [-0.2, -0.15) is 0 Å². The third-order valence-corrected chi connectivity index (χ3v) is 4.96. The first-order valence-corrected chi connectivity index (χ1v) is 9.83. The summed E-state index contributed by atoms with van der Waals surface area (Å²) in [5, 5.41) is 18.8. The molecule has 4 aromatic rings. The SMILES string of the molecule is NC(=O)CCNC(=O)c1cc([N+](=O)[O-])ccc1Nc1c2ccccc2nc2ccccc12. The summed E-state index contributed by atoms with van der Waals surface area (Å²) in [6, 6.07) is 19.2. The Morgan fingerprint density at radius 1 is 0.969 bits per heavy atom. The Kier molecular flexibility index (Phi) is 5.63. The number of non-ortho nitro benzene ring substituents is 1.